The van der Waals surface area contributed by atoms with Crippen molar-refractivity contribution in [3.63, 3.8) is 0 Å². The van der Waals surface area contributed by atoms with Gasteiger partial charge in [-0.3, -0.25) is 15.0 Å². The number of hydrogen-bond donors (Lipinski definition) is 3. The van der Waals surface area contributed by atoms with E-state index in [1.807, 2.05) is 12.1 Å². The lowest BCUT2D eigenvalue weighted by molar-refractivity contribution is 0.0225. The molecule has 0 aliphatic carbocycles. The van der Waals surface area contributed by atoms with Gasteiger partial charge in [-0.1, -0.05) is 17.9 Å². The van der Waals surface area contributed by atoms with E-state index < -0.39 is 0 Å². The number of allylic oxidation sites excluding steroid dienone is 2. The number of aromatic nitrogens is 1. The van der Waals surface area contributed by atoms with Gasteiger partial charge in [-0.15, -0.1) is 0 Å². The van der Waals surface area contributed by atoms with E-state index in [4.69, 9.17) is 21.6 Å². The van der Waals surface area contributed by atoms with Crippen molar-refractivity contribution >= 4 is 18.1 Å². The van der Waals surface area contributed by atoms with Crippen LogP contribution in [0.25, 0.3) is 0 Å². The normalized spacial score (nSPS) is 26.1. The maximum atomic E-state index is 7.20. The minimum absolute atomic E-state index is 0.243. The molecule has 0 aromatic carbocycles. The monoisotopic (exact) mass is 362 g/mol. The minimum atomic E-state index is -0.366. The lowest BCUT2D eigenvalue weighted by Crippen LogP contribution is -2.22. The number of pyridine rings is 1. The highest BCUT2D eigenvalue weighted by Gasteiger charge is 2.19. The SMILES string of the molecule is N=CC=C(N)C(N)=C1C#CC(c2cccnc2)N=CC1=NC1CCCCO1. The Bertz CT molecular complexity index is 867. The van der Waals surface area contributed by atoms with Crippen LogP contribution in [0.15, 0.2) is 57.6 Å². The molecule has 0 bridgehead atoms. The molecule has 0 amide bonds. The summed E-state index contributed by atoms with van der Waals surface area (Å²) in [6.45, 7) is 0.687. The van der Waals surface area contributed by atoms with E-state index in [-0.39, 0.29) is 23.7 Å². The maximum Gasteiger partial charge on any atom is 0.149 e. The molecule has 2 atom stereocenters. The maximum absolute atomic E-state index is 7.20. The van der Waals surface area contributed by atoms with Gasteiger partial charge in [0.2, 0.25) is 0 Å². The van der Waals surface area contributed by atoms with Crippen molar-refractivity contribution < 1.29 is 4.74 Å². The predicted octanol–water partition coefficient (Wildman–Crippen LogP) is 1.88. The first-order valence-corrected chi connectivity index (χ1v) is 8.80. The molecule has 3 rings (SSSR count). The van der Waals surface area contributed by atoms with Crippen LogP contribution in [0.3, 0.4) is 0 Å². The van der Waals surface area contributed by atoms with Crippen molar-refractivity contribution in [2.75, 3.05) is 6.61 Å². The second-order valence-corrected chi connectivity index (χ2v) is 6.15. The Kier molecular flexibility index (Phi) is 6.13. The summed E-state index contributed by atoms with van der Waals surface area (Å²) < 4.78 is 5.72. The van der Waals surface area contributed by atoms with Crippen molar-refractivity contribution in [2.45, 2.75) is 31.5 Å². The number of nitrogens with two attached hydrogens (primary N) is 2. The molecule has 0 saturated carbocycles. The van der Waals surface area contributed by atoms with E-state index in [0.717, 1.165) is 31.0 Å². The van der Waals surface area contributed by atoms with Gasteiger partial charge in [0, 0.05) is 37.0 Å². The van der Waals surface area contributed by atoms with Crippen LogP contribution in [-0.2, 0) is 4.74 Å². The van der Waals surface area contributed by atoms with Crippen molar-refractivity contribution in [3.05, 3.63) is 53.1 Å². The summed E-state index contributed by atoms with van der Waals surface area (Å²) in [5, 5.41) is 7.20. The summed E-state index contributed by atoms with van der Waals surface area (Å²) in [7, 11) is 0. The number of nitrogens with zero attached hydrogens (tertiary/aromatic N) is 3. The molecule has 2 unspecified atom stereocenters. The Hall–Kier alpha value is -3.24. The van der Waals surface area contributed by atoms with Gasteiger partial charge in [-0.2, -0.15) is 0 Å². The summed E-state index contributed by atoms with van der Waals surface area (Å²) in [6, 6.07) is 3.40. The first kappa shape index (κ1) is 18.5. The van der Waals surface area contributed by atoms with Crippen LogP contribution in [0, 0.1) is 17.3 Å². The van der Waals surface area contributed by atoms with Crippen molar-refractivity contribution in [2.24, 2.45) is 21.5 Å². The molecule has 7 heteroatoms. The van der Waals surface area contributed by atoms with Gasteiger partial charge < -0.3 is 21.6 Å². The standard InChI is InChI=1S/C20H22N6O/c21-9-8-16(22)20(23)15-6-7-17(14-4-3-10-24-12-14)25-13-18(15)26-19-5-1-2-11-27-19/h3-4,8-10,12-13,17,19,21H,1-2,5,11,22-23H2. The van der Waals surface area contributed by atoms with Gasteiger partial charge >= 0.3 is 0 Å². The van der Waals surface area contributed by atoms with Crippen LogP contribution in [-0.4, -0.2) is 36.0 Å². The Morgan fingerprint density at radius 3 is 2.96 bits per heavy atom. The molecule has 1 aromatic rings. The van der Waals surface area contributed by atoms with Crippen LogP contribution >= 0.6 is 0 Å². The fourth-order valence-corrected chi connectivity index (χ4v) is 2.77. The summed E-state index contributed by atoms with van der Waals surface area (Å²) in [5.74, 6) is 6.18. The Labute approximate surface area is 158 Å². The number of ether oxygens (including phenoxy) is 1. The van der Waals surface area contributed by atoms with E-state index in [2.05, 4.69) is 26.8 Å². The average Bonchev–Trinajstić information content (AvgIpc) is 2.92. The van der Waals surface area contributed by atoms with Gasteiger partial charge in [0.25, 0.3) is 0 Å². The van der Waals surface area contributed by atoms with Crippen LogP contribution in [0.5, 0.6) is 0 Å². The predicted molar refractivity (Wildman–Crippen MR) is 107 cm³/mol. The summed E-state index contributed by atoms with van der Waals surface area (Å²) in [5.41, 5.74) is 14.6. The van der Waals surface area contributed by atoms with Crippen LogP contribution < -0.4 is 11.5 Å². The van der Waals surface area contributed by atoms with Gasteiger partial charge in [0.05, 0.1) is 22.7 Å². The smallest absolute Gasteiger partial charge is 0.149 e. The summed E-state index contributed by atoms with van der Waals surface area (Å²) in [6.07, 6.45) is 10.3. The molecule has 0 spiro atoms. The molecule has 138 valence electrons. The molecule has 2 aliphatic heterocycles. The van der Waals surface area contributed by atoms with E-state index in [1.165, 1.54) is 6.08 Å². The Morgan fingerprint density at radius 1 is 1.37 bits per heavy atom. The number of nitrogens with one attached hydrogen (secondary N) is 1. The second-order valence-electron chi connectivity index (χ2n) is 6.15. The van der Waals surface area contributed by atoms with E-state index in [1.54, 1.807) is 18.6 Å². The zero-order valence-electron chi connectivity index (χ0n) is 14.9. The fourth-order valence-electron chi connectivity index (χ4n) is 2.77. The molecular weight excluding hydrogens is 340 g/mol. The number of rotatable bonds is 4. The third-order valence-corrected chi connectivity index (χ3v) is 4.22. The van der Waals surface area contributed by atoms with E-state index in [0.29, 0.717) is 17.9 Å². The second kappa shape index (κ2) is 8.92. The van der Waals surface area contributed by atoms with Crippen LogP contribution in [0.4, 0.5) is 0 Å². The lowest BCUT2D eigenvalue weighted by Gasteiger charge is -2.19. The van der Waals surface area contributed by atoms with Gasteiger partial charge in [-0.25, -0.2) is 0 Å². The molecule has 1 aromatic heterocycles. The molecular formula is C20H22N6O. The highest BCUT2D eigenvalue weighted by Crippen LogP contribution is 2.20. The summed E-state index contributed by atoms with van der Waals surface area (Å²) in [4.78, 5) is 13.4. The third kappa shape index (κ3) is 4.68. The van der Waals surface area contributed by atoms with E-state index in [9.17, 15) is 0 Å². The van der Waals surface area contributed by atoms with E-state index >= 15 is 0 Å². The molecule has 0 radical (unpaired) electrons. The molecule has 2 aliphatic rings. The third-order valence-electron chi connectivity index (χ3n) is 4.22. The minimum Gasteiger partial charge on any atom is -0.397 e. The Morgan fingerprint density at radius 2 is 2.26 bits per heavy atom. The molecule has 1 saturated heterocycles. The molecule has 27 heavy (non-hydrogen) atoms. The first-order valence-electron chi connectivity index (χ1n) is 8.80. The number of hydrogen-bond acceptors (Lipinski definition) is 7. The topological polar surface area (TPSA) is 123 Å². The van der Waals surface area contributed by atoms with Gasteiger partial charge in [-0.05, 0) is 31.4 Å². The van der Waals surface area contributed by atoms with Crippen molar-refractivity contribution in [1.82, 2.24) is 4.98 Å². The summed E-state index contributed by atoms with van der Waals surface area (Å²) >= 11 is 0. The first-order chi connectivity index (χ1) is 13.2. The molecule has 1 fully saturated rings. The number of aliphatic imine (C=N–C) groups is 2. The zero-order chi connectivity index (χ0) is 19.1. The fraction of sp³-hybridized carbons (Fsp3) is 0.300. The molecule has 5 N–H and O–H groups in total. The lowest BCUT2D eigenvalue weighted by atomic mass is 10.1. The Balaban J connectivity index is 2.04. The van der Waals surface area contributed by atoms with Crippen molar-refractivity contribution in [3.8, 4) is 11.8 Å². The molecule has 7 nitrogen and oxygen atoms in total. The average molecular weight is 362 g/mol. The quantitative estimate of drug-likeness (QED) is 0.559. The highest BCUT2D eigenvalue weighted by molar-refractivity contribution is 6.40. The van der Waals surface area contributed by atoms with Gasteiger partial charge in [0.1, 0.15) is 12.3 Å². The zero-order valence-corrected chi connectivity index (χ0v) is 14.9. The largest absolute Gasteiger partial charge is 0.397 e. The van der Waals surface area contributed by atoms with Crippen LogP contribution in [0.2, 0.25) is 0 Å². The van der Waals surface area contributed by atoms with Crippen LogP contribution in [0.1, 0.15) is 30.9 Å². The molecule has 3 heterocycles. The highest BCUT2D eigenvalue weighted by atomic mass is 16.5. The van der Waals surface area contributed by atoms with Crippen molar-refractivity contribution in [1.29, 1.82) is 5.41 Å². The van der Waals surface area contributed by atoms with Gasteiger partial charge in [0.15, 0.2) is 0 Å².